The fourth-order valence-electron chi connectivity index (χ4n) is 2.63. The van der Waals surface area contributed by atoms with E-state index in [1.165, 1.54) is 0 Å². The highest BCUT2D eigenvalue weighted by atomic mass is 16.6. The van der Waals surface area contributed by atoms with Gasteiger partial charge < -0.3 is 14.2 Å². The third-order valence-corrected chi connectivity index (χ3v) is 3.94. The molecule has 4 nitrogen and oxygen atoms in total. The largest absolute Gasteiger partial charge is 0.493 e. The summed E-state index contributed by atoms with van der Waals surface area (Å²) < 4.78 is 16.9. The summed E-state index contributed by atoms with van der Waals surface area (Å²) in [5.41, 5.74) is 1.34. The van der Waals surface area contributed by atoms with E-state index in [1.54, 1.807) is 37.4 Å². The molecule has 0 bridgehead atoms. The number of hydrogen-bond acceptors (Lipinski definition) is 4. The van der Waals surface area contributed by atoms with Crippen molar-refractivity contribution < 1.29 is 19.0 Å². The van der Waals surface area contributed by atoms with Crippen LogP contribution in [0.3, 0.4) is 0 Å². The molecule has 23 heavy (non-hydrogen) atoms. The van der Waals surface area contributed by atoms with Crippen LogP contribution < -0.4 is 14.2 Å². The van der Waals surface area contributed by atoms with E-state index in [9.17, 15) is 4.79 Å². The maximum Gasteiger partial charge on any atom is 0.343 e. The van der Waals surface area contributed by atoms with Crippen molar-refractivity contribution in [1.82, 2.24) is 0 Å². The van der Waals surface area contributed by atoms with Crippen molar-refractivity contribution in [3.8, 4) is 17.2 Å². The summed E-state index contributed by atoms with van der Waals surface area (Å²) in [5, 5.41) is 0. The molecule has 2 aromatic rings. The average Bonchev–Trinajstić information content (AvgIpc) is 2.54. The van der Waals surface area contributed by atoms with Gasteiger partial charge in [0.2, 0.25) is 0 Å². The van der Waals surface area contributed by atoms with Gasteiger partial charge in [0.15, 0.2) is 11.5 Å². The molecule has 3 rings (SSSR count). The van der Waals surface area contributed by atoms with E-state index in [2.05, 4.69) is 13.8 Å². The summed E-state index contributed by atoms with van der Waals surface area (Å²) in [6, 6.07) is 12.5. The average molecular weight is 312 g/mol. The Bertz CT molecular complexity index is 720. The monoisotopic (exact) mass is 312 g/mol. The van der Waals surface area contributed by atoms with Crippen molar-refractivity contribution in [1.29, 1.82) is 0 Å². The molecule has 120 valence electrons. The second-order valence-corrected chi connectivity index (χ2v) is 6.23. The minimum absolute atomic E-state index is 0.194. The highest BCUT2D eigenvalue weighted by Crippen LogP contribution is 2.40. The van der Waals surface area contributed by atoms with Crippen molar-refractivity contribution in [3.63, 3.8) is 0 Å². The lowest BCUT2D eigenvalue weighted by molar-refractivity contribution is 0.0720. The number of fused-ring (bicyclic) bond motifs is 1. The number of benzene rings is 2. The van der Waals surface area contributed by atoms with Crippen molar-refractivity contribution in [2.45, 2.75) is 32.3 Å². The molecule has 0 saturated carbocycles. The number of esters is 1. The number of rotatable bonds is 3. The first-order valence-corrected chi connectivity index (χ1v) is 7.66. The Hall–Kier alpha value is -2.49. The molecule has 2 aromatic carbocycles. The zero-order valence-electron chi connectivity index (χ0n) is 13.6. The third kappa shape index (κ3) is 3.31. The molecule has 1 aliphatic heterocycles. The predicted octanol–water partition coefficient (Wildman–Crippen LogP) is 4.02. The van der Waals surface area contributed by atoms with Crippen molar-refractivity contribution in [2.75, 3.05) is 7.11 Å². The fourth-order valence-corrected chi connectivity index (χ4v) is 2.63. The Kier molecular flexibility index (Phi) is 3.99. The van der Waals surface area contributed by atoms with E-state index in [0.717, 1.165) is 24.2 Å². The predicted molar refractivity (Wildman–Crippen MR) is 87.4 cm³/mol. The van der Waals surface area contributed by atoms with Gasteiger partial charge in [-0.1, -0.05) is 18.2 Å². The number of hydrogen-bond donors (Lipinski definition) is 0. The first-order valence-electron chi connectivity index (χ1n) is 7.66. The highest BCUT2D eigenvalue weighted by Gasteiger charge is 2.28. The van der Waals surface area contributed by atoms with Crippen molar-refractivity contribution in [2.24, 2.45) is 0 Å². The summed E-state index contributed by atoms with van der Waals surface area (Å²) >= 11 is 0. The van der Waals surface area contributed by atoms with Gasteiger partial charge in [-0.15, -0.1) is 0 Å². The van der Waals surface area contributed by atoms with Crippen LogP contribution in [0.5, 0.6) is 17.2 Å². The van der Waals surface area contributed by atoms with Gasteiger partial charge in [0.1, 0.15) is 11.4 Å². The summed E-state index contributed by atoms with van der Waals surface area (Å²) in [7, 11) is 1.55. The zero-order valence-corrected chi connectivity index (χ0v) is 13.6. The Morgan fingerprint density at radius 1 is 1.13 bits per heavy atom. The number of ether oxygens (including phenoxy) is 3. The maximum absolute atomic E-state index is 12.2. The van der Waals surface area contributed by atoms with E-state index in [0.29, 0.717) is 17.1 Å². The van der Waals surface area contributed by atoms with E-state index in [1.807, 2.05) is 12.1 Å². The fraction of sp³-hybridized carbons (Fsp3) is 0.316. The number of carbonyl (C=O) groups is 1. The summed E-state index contributed by atoms with van der Waals surface area (Å²) in [6.07, 6.45) is 1.79. The van der Waals surface area contributed by atoms with Gasteiger partial charge in [0, 0.05) is 6.07 Å². The second-order valence-electron chi connectivity index (χ2n) is 6.23. The van der Waals surface area contributed by atoms with Gasteiger partial charge in [-0.3, -0.25) is 0 Å². The van der Waals surface area contributed by atoms with Gasteiger partial charge >= 0.3 is 5.97 Å². The Morgan fingerprint density at radius 3 is 2.57 bits per heavy atom. The van der Waals surface area contributed by atoms with Gasteiger partial charge in [0.25, 0.3) is 0 Å². The lowest BCUT2D eigenvalue weighted by Gasteiger charge is -2.33. The van der Waals surface area contributed by atoms with Crippen LogP contribution in [-0.4, -0.2) is 18.7 Å². The Morgan fingerprint density at radius 2 is 1.87 bits per heavy atom. The molecule has 0 saturated heterocycles. The standard InChI is InChI=1S/C19H20O4/c1-19(2)10-9-14-11-17(16(21-3)12-15(14)23-19)22-18(20)13-7-5-4-6-8-13/h4-8,11-12H,9-10H2,1-3H3. The molecule has 1 heterocycles. The van der Waals surface area contributed by atoms with Crippen molar-refractivity contribution in [3.05, 3.63) is 53.6 Å². The Balaban J connectivity index is 1.89. The number of aryl methyl sites for hydroxylation is 1. The van der Waals surface area contributed by atoms with Gasteiger partial charge in [0.05, 0.1) is 12.7 Å². The maximum atomic E-state index is 12.2. The lowest BCUT2D eigenvalue weighted by Crippen LogP contribution is -2.32. The van der Waals surface area contributed by atoms with Crippen LogP contribution in [0.15, 0.2) is 42.5 Å². The van der Waals surface area contributed by atoms with Crippen molar-refractivity contribution >= 4 is 5.97 Å². The van der Waals surface area contributed by atoms with Gasteiger partial charge in [-0.2, -0.15) is 0 Å². The lowest BCUT2D eigenvalue weighted by atomic mass is 9.94. The molecular weight excluding hydrogens is 292 g/mol. The van der Waals surface area contributed by atoms with Crippen LogP contribution >= 0.6 is 0 Å². The van der Waals surface area contributed by atoms with E-state index in [-0.39, 0.29) is 5.60 Å². The molecular formula is C19H20O4. The summed E-state index contributed by atoms with van der Waals surface area (Å²) in [5.74, 6) is 1.30. The molecule has 0 N–H and O–H groups in total. The van der Waals surface area contributed by atoms with Crippen LogP contribution in [0.25, 0.3) is 0 Å². The van der Waals surface area contributed by atoms with Crippen LogP contribution in [0.1, 0.15) is 36.2 Å². The van der Waals surface area contributed by atoms with E-state index < -0.39 is 5.97 Å². The van der Waals surface area contributed by atoms with Crippen LogP contribution in [0.2, 0.25) is 0 Å². The molecule has 1 aliphatic rings. The first kappa shape index (κ1) is 15.4. The minimum Gasteiger partial charge on any atom is -0.493 e. The molecule has 0 fully saturated rings. The van der Waals surface area contributed by atoms with Crippen LogP contribution in [0, 0.1) is 0 Å². The second kappa shape index (κ2) is 5.95. The van der Waals surface area contributed by atoms with E-state index >= 15 is 0 Å². The third-order valence-electron chi connectivity index (χ3n) is 3.94. The molecule has 0 unspecified atom stereocenters. The molecule has 4 heteroatoms. The molecule has 0 spiro atoms. The topological polar surface area (TPSA) is 44.8 Å². The first-order chi connectivity index (χ1) is 11.0. The molecule has 0 aliphatic carbocycles. The summed E-state index contributed by atoms with van der Waals surface area (Å²) in [6.45, 7) is 4.12. The number of carbonyl (C=O) groups excluding carboxylic acids is 1. The Labute approximate surface area is 136 Å². The minimum atomic E-state index is -0.402. The molecule has 0 aromatic heterocycles. The normalized spacial score (nSPS) is 15.3. The van der Waals surface area contributed by atoms with Crippen LogP contribution in [0.4, 0.5) is 0 Å². The number of methoxy groups -OCH3 is 1. The molecule has 0 radical (unpaired) electrons. The zero-order chi connectivity index (χ0) is 16.4. The smallest absolute Gasteiger partial charge is 0.343 e. The molecule has 0 amide bonds. The highest BCUT2D eigenvalue weighted by molar-refractivity contribution is 5.91. The van der Waals surface area contributed by atoms with E-state index in [4.69, 9.17) is 14.2 Å². The van der Waals surface area contributed by atoms with Gasteiger partial charge in [-0.05, 0) is 50.5 Å². The van der Waals surface area contributed by atoms with Gasteiger partial charge in [-0.25, -0.2) is 4.79 Å². The molecule has 0 atom stereocenters. The SMILES string of the molecule is COc1cc2c(cc1OC(=O)c1ccccc1)CCC(C)(C)O2. The summed E-state index contributed by atoms with van der Waals surface area (Å²) in [4.78, 5) is 12.2. The van der Waals surface area contributed by atoms with Crippen LogP contribution in [-0.2, 0) is 6.42 Å². The quantitative estimate of drug-likeness (QED) is 0.634.